The van der Waals surface area contributed by atoms with Crippen LogP contribution in [0.2, 0.25) is 0 Å². The third kappa shape index (κ3) is 3.82. The molecule has 0 spiro atoms. The lowest BCUT2D eigenvalue weighted by molar-refractivity contribution is 0.00229. The van der Waals surface area contributed by atoms with Gasteiger partial charge in [0.15, 0.2) is 0 Å². The summed E-state index contributed by atoms with van der Waals surface area (Å²) in [6.07, 6.45) is 1.87. The fraction of sp³-hybridized carbons (Fsp3) is 0.588. The van der Waals surface area contributed by atoms with Crippen molar-refractivity contribution in [1.29, 1.82) is 0 Å². The molecule has 5 nitrogen and oxygen atoms in total. The van der Waals surface area contributed by atoms with Gasteiger partial charge >= 0.3 is 6.09 Å². The van der Waals surface area contributed by atoms with Crippen LogP contribution in [0.1, 0.15) is 37.2 Å². The number of amides is 1. The summed E-state index contributed by atoms with van der Waals surface area (Å²) < 4.78 is 18.2. The molecule has 0 radical (unpaired) electrons. The number of halogens is 1. The number of hydrogen-bond donors (Lipinski definition) is 2. The minimum absolute atomic E-state index is 0.0457. The van der Waals surface area contributed by atoms with Gasteiger partial charge in [0, 0.05) is 12.6 Å². The maximum absolute atomic E-state index is 13.1. The van der Waals surface area contributed by atoms with Crippen molar-refractivity contribution >= 4 is 6.09 Å². The molecule has 1 aromatic carbocycles. The average Bonchev–Trinajstić information content (AvgIpc) is 2.89. The molecule has 4 atom stereocenters. The smallest absolute Gasteiger partial charge is 0.404 e. The van der Waals surface area contributed by atoms with Crippen LogP contribution in [-0.2, 0) is 4.74 Å². The van der Waals surface area contributed by atoms with Crippen LogP contribution in [-0.4, -0.2) is 47.4 Å². The number of carbonyl (C=O) groups excluding carboxylic acids is 1. The molecule has 3 N–H and O–H groups in total. The number of aliphatic hydroxyl groups is 1. The number of rotatable bonds is 3. The van der Waals surface area contributed by atoms with Crippen molar-refractivity contribution in [2.24, 2.45) is 5.73 Å². The first-order chi connectivity index (χ1) is 11.0. The monoisotopic (exact) mass is 322 g/mol. The van der Waals surface area contributed by atoms with Crippen LogP contribution in [0.25, 0.3) is 0 Å². The van der Waals surface area contributed by atoms with Gasteiger partial charge in [-0.05, 0) is 55.8 Å². The van der Waals surface area contributed by atoms with Crippen molar-refractivity contribution in [2.75, 3.05) is 13.1 Å². The second-order valence-corrected chi connectivity index (χ2v) is 6.55. The van der Waals surface area contributed by atoms with Crippen LogP contribution < -0.4 is 5.73 Å². The van der Waals surface area contributed by atoms with Gasteiger partial charge in [0.1, 0.15) is 11.9 Å². The fourth-order valence-corrected chi connectivity index (χ4v) is 3.92. The number of benzene rings is 1. The van der Waals surface area contributed by atoms with Crippen LogP contribution in [0.3, 0.4) is 0 Å². The largest absolute Gasteiger partial charge is 0.445 e. The Morgan fingerprint density at radius 3 is 2.74 bits per heavy atom. The van der Waals surface area contributed by atoms with Gasteiger partial charge in [0.25, 0.3) is 0 Å². The highest BCUT2D eigenvalue weighted by Gasteiger charge is 2.39. The van der Waals surface area contributed by atoms with Gasteiger partial charge in [-0.15, -0.1) is 0 Å². The molecule has 3 rings (SSSR count). The summed E-state index contributed by atoms with van der Waals surface area (Å²) in [5, 5.41) is 10.4. The normalized spacial score (nSPS) is 31.9. The second-order valence-electron chi connectivity index (χ2n) is 6.55. The molecule has 1 amide bonds. The SMILES string of the molecule is NC(=O)OC1CCCN(C2CC(c3ccc(F)cc3)CC2O)C1. The molecule has 0 aromatic heterocycles. The summed E-state index contributed by atoms with van der Waals surface area (Å²) in [5.74, 6) is -0.0145. The van der Waals surface area contributed by atoms with Crippen molar-refractivity contribution < 1.29 is 19.0 Å². The lowest BCUT2D eigenvalue weighted by atomic mass is 9.97. The van der Waals surface area contributed by atoms with E-state index in [1.54, 1.807) is 12.1 Å². The zero-order valence-corrected chi connectivity index (χ0v) is 13.0. The number of primary amides is 1. The van der Waals surface area contributed by atoms with Crippen LogP contribution in [0.5, 0.6) is 0 Å². The van der Waals surface area contributed by atoms with Crippen molar-refractivity contribution in [3.8, 4) is 0 Å². The van der Waals surface area contributed by atoms with Gasteiger partial charge in [0.2, 0.25) is 0 Å². The van der Waals surface area contributed by atoms with E-state index in [9.17, 15) is 14.3 Å². The minimum atomic E-state index is -0.743. The Balaban J connectivity index is 1.64. The molecule has 1 aliphatic carbocycles. The molecule has 2 fully saturated rings. The summed E-state index contributed by atoms with van der Waals surface area (Å²) in [4.78, 5) is 13.1. The quantitative estimate of drug-likeness (QED) is 0.892. The molecule has 1 saturated carbocycles. The Morgan fingerprint density at radius 2 is 2.04 bits per heavy atom. The average molecular weight is 322 g/mol. The predicted octanol–water partition coefficient (Wildman–Crippen LogP) is 1.99. The van der Waals surface area contributed by atoms with E-state index in [4.69, 9.17) is 10.5 Å². The molecule has 0 bridgehead atoms. The maximum atomic E-state index is 13.1. The van der Waals surface area contributed by atoms with E-state index in [1.165, 1.54) is 12.1 Å². The minimum Gasteiger partial charge on any atom is -0.445 e. The zero-order valence-electron chi connectivity index (χ0n) is 13.0. The van der Waals surface area contributed by atoms with Crippen LogP contribution in [0.15, 0.2) is 24.3 Å². The third-order valence-corrected chi connectivity index (χ3v) is 5.00. The van der Waals surface area contributed by atoms with E-state index in [1.807, 2.05) is 0 Å². The number of carbonyl (C=O) groups is 1. The maximum Gasteiger partial charge on any atom is 0.404 e. The summed E-state index contributed by atoms with van der Waals surface area (Å²) in [7, 11) is 0. The van der Waals surface area contributed by atoms with Crippen molar-refractivity contribution in [1.82, 2.24) is 4.90 Å². The van der Waals surface area contributed by atoms with Gasteiger partial charge in [-0.2, -0.15) is 0 Å². The topological polar surface area (TPSA) is 75.8 Å². The lowest BCUT2D eigenvalue weighted by Crippen LogP contribution is -2.49. The Morgan fingerprint density at radius 1 is 1.30 bits per heavy atom. The number of nitrogens with two attached hydrogens (primary N) is 1. The van der Waals surface area contributed by atoms with Crippen LogP contribution >= 0.6 is 0 Å². The van der Waals surface area contributed by atoms with E-state index in [0.29, 0.717) is 13.0 Å². The Kier molecular flexibility index (Phi) is 4.82. The molecule has 2 aliphatic rings. The molecule has 6 heteroatoms. The summed E-state index contributed by atoms with van der Waals surface area (Å²) in [5.41, 5.74) is 6.16. The fourth-order valence-electron chi connectivity index (χ4n) is 3.92. The van der Waals surface area contributed by atoms with Gasteiger partial charge in [-0.3, -0.25) is 4.90 Å². The van der Waals surface area contributed by atoms with E-state index < -0.39 is 12.2 Å². The number of aliphatic hydroxyl groups excluding tert-OH is 1. The van der Waals surface area contributed by atoms with Gasteiger partial charge < -0.3 is 15.6 Å². The zero-order chi connectivity index (χ0) is 16.4. The first-order valence-corrected chi connectivity index (χ1v) is 8.16. The standard InChI is InChI=1S/C17H23FN2O3/c18-13-5-3-11(4-6-13)12-8-15(16(21)9-12)20-7-1-2-14(10-20)23-17(19)22/h3-6,12,14-16,21H,1-2,7-10H2,(H2,19,22). The lowest BCUT2D eigenvalue weighted by Gasteiger charge is -2.37. The third-order valence-electron chi connectivity index (χ3n) is 5.00. The molecule has 1 aliphatic heterocycles. The van der Waals surface area contributed by atoms with E-state index >= 15 is 0 Å². The number of likely N-dealkylation sites (tertiary alicyclic amines) is 1. The first kappa shape index (κ1) is 16.2. The van der Waals surface area contributed by atoms with Crippen molar-refractivity contribution in [2.45, 2.75) is 49.9 Å². The Hall–Kier alpha value is -1.66. The second kappa shape index (κ2) is 6.84. The number of hydrogen-bond acceptors (Lipinski definition) is 4. The van der Waals surface area contributed by atoms with Gasteiger partial charge in [-0.1, -0.05) is 12.1 Å². The van der Waals surface area contributed by atoms with Crippen molar-refractivity contribution in [3.63, 3.8) is 0 Å². The molecular weight excluding hydrogens is 299 g/mol. The highest BCUT2D eigenvalue weighted by atomic mass is 19.1. The summed E-state index contributed by atoms with van der Waals surface area (Å²) in [6.45, 7) is 1.50. The molecule has 1 saturated heterocycles. The van der Waals surface area contributed by atoms with Crippen LogP contribution in [0, 0.1) is 5.82 Å². The molecule has 1 aromatic rings. The highest BCUT2D eigenvalue weighted by Crippen LogP contribution is 2.38. The van der Waals surface area contributed by atoms with Gasteiger partial charge in [0.05, 0.1) is 6.10 Å². The summed E-state index contributed by atoms with van der Waals surface area (Å²) >= 11 is 0. The molecule has 1 heterocycles. The molecule has 126 valence electrons. The summed E-state index contributed by atoms with van der Waals surface area (Å²) in [6, 6.07) is 6.57. The predicted molar refractivity (Wildman–Crippen MR) is 83.4 cm³/mol. The van der Waals surface area contributed by atoms with Crippen LogP contribution in [0.4, 0.5) is 9.18 Å². The Bertz CT molecular complexity index is 551. The number of piperidine rings is 1. The van der Waals surface area contributed by atoms with E-state index in [2.05, 4.69) is 4.90 Å². The number of nitrogens with zero attached hydrogens (tertiary/aromatic N) is 1. The number of ether oxygens (including phenoxy) is 1. The molecular formula is C17H23FN2O3. The highest BCUT2D eigenvalue weighted by molar-refractivity contribution is 5.64. The Labute approximate surface area is 135 Å². The van der Waals surface area contributed by atoms with Gasteiger partial charge in [-0.25, -0.2) is 9.18 Å². The molecule has 4 unspecified atom stereocenters. The first-order valence-electron chi connectivity index (χ1n) is 8.16. The molecule has 23 heavy (non-hydrogen) atoms. The van der Waals surface area contributed by atoms with Crippen molar-refractivity contribution in [3.05, 3.63) is 35.6 Å². The van der Waals surface area contributed by atoms with E-state index in [-0.39, 0.29) is 23.9 Å². The van der Waals surface area contributed by atoms with E-state index in [0.717, 1.165) is 31.4 Å².